The van der Waals surface area contributed by atoms with Gasteiger partial charge in [0.05, 0.1) is 18.7 Å². The molecule has 0 saturated carbocycles. The summed E-state index contributed by atoms with van der Waals surface area (Å²) in [6.45, 7) is 2.16. The Morgan fingerprint density at radius 3 is 2.80 bits per heavy atom. The number of aromatic nitrogens is 1. The summed E-state index contributed by atoms with van der Waals surface area (Å²) in [5, 5.41) is 2.84. The van der Waals surface area contributed by atoms with Crippen LogP contribution in [0.15, 0.2) is 11.6 Å². The number of rotatable bonds is 4. The average Bonchev–Trinajstić information content (AvgIpc) is 2.72. The molecule has 1 aromatic rings. The van der Waals surface area contributed by atoms with Crippen molar-refractivity contribution in [1.82, 2.24) is 14.2 Å². The van der Waals surface area contributed by atoms with Gasteiger partial charge in [-0.1, -0.05) is 0 Å². The van der Waals surface area contributed by atoms with Crippen LogP contribution in [0.25, 0.3) is 0 Å². The van der Waals surface area contributed by atoms with Crippen molar-refractivity contribution in [2.24, 2.45) is 11.7 Å². The quantitative estimate of drug-likeness (QED) is 0.793. The van der Waals surface area contributed by atoms with E-state index >= 15 is 0 Å². The van der Waals surface area contributed by atoms with Crippen LogP contribution in [0.2, 0.25) is 0 Å². The Balaban J connectivity index is 2.11. The summed E-state index contributed by atoms with van der Waals surface area (Å²) in [4.78, 5) is 17.7. The molecular formula is C11H18N4O3S2. The molecule has 1 unspecified atom stereocenters. The predicted molar refractivity (Wildman–Crippen MR) is 76.5 cm³/mol. The van der Waals surface area contributed by atoms with Gasteiger partial charge in [-0.15, -0.1) is 11.3 Å². The molecule has 2 rings (SSSR count). The molecule has 20 heavy (non-hydrogen) atoms. The van der Waals surface area contributed by atoms with E-state index in [1.54, 1.807) is 6.20 Å². The molecule has 2 N–H and O–H groups in total. The van der Waals surface area contributed by atoms with Crippen molar-refractivity contribution < 1.29 is 13.2 Å². The Hall–Kier alpha value is -1.03. The van der Waals surface area contributed by atoms with Crippen molar-refractivity contribution in [2.75, 3.05) is 32.4 Å². The van der Waals surface area contributed by atoms with Gasteiger partial charge in [0.1, 0.15) is 5.01 Å². The van der Waals surface area contributed by atoms with Gasteiger partial charge in [0, 0.05) is 37.8 Å². The van der Waals surface area contributed by atoms with E-state index in [4.69, 9.17) is 5.73 Å². The van der Waals surface area contributed by atoms with Crippen LogP contribution in [0.5, 0.6) is 0 Å². The molecule has 0 bridgehead atoms. The molecule has 1 aliphatic heterocycles. The van der Waals surface area contributed by atoms with E-state index in [9.17, 15) is 13.2 Å². The lowest BCUT2D eigenvalue weighted by molar-refractivity contribution is -0.122. The molecule has 1 fully saturated rings. The van der Waals surface area contributed by atoms with Crippen molar-refractivity contribution in [3.05, 3.63) is 16.6 Å². The fraction of sp³-hybridized carbons (Fsp3) is 0.636. The molecule has 0 radical (unpaired) electrons. The first-order chi connectivity index (χ1) is 9.36. The molecule has 112 valence electrons. The zero-order valence-electron chi connectivity index (χ0n) is 11.2. The van der Waals surface area contributed by atoms with Crippen LogP contribution < -0.4 is 5.73 Å². The van der Waals surface area contributed by atoms with Gasteiger partial charge < -0.3 is 5.73 Å². The van der Waals surface area contributed by atoms with Gasteiger partial charge in [-0.05, 0) is 0 Å². The Morgan fingerprint density at radius 1 is 1.50 bits per heavy atom. The van der Waals surface area contributed by atoms with Crippen LogP contribution in [0, 0.1) is 5.92 Å². The van der Waals surface area contributed by atoms with Gasteiger partial charge in [0.25, 0.3) is 0 Å². The minimum absolute atomic E-state index is 0.155. The summed E-state index contributed by atoms with van der Waals surface area (Å²) in [5.74, 6) is -0.961. The molecule has 0 aliphatic carbocycles. The van der Waals surface area contributed by atoms with Crippen molar-refractivity contribution in [3.8, 4) is 0 Å². The van der Waals surface area contributed by atoms with Crippen LogP contribution in [-0.2, 0) is 21.4 Å². The number of carbonyl (C=O) groups excluding carboxylic acids is 1. The van der Waals surface area contributed by atoms with Crippen LogP contribution >= 0.6 is 11.3 Å². The first-order valence-electron chi connectivity index (χ1n) is 6.21. The smallest absolute Gasteiger partial charge is 0.223 e. The van der Waals surface area contributed by atoms with Crippen molar-refractivity contribution in [1.29, 1.82) is 0 Å². The number of hydrogen-bond donors (Lipinski definition) is 1. The number of sulfonamides is 1. The maximum atomic E-state index is 11.7. The van der Waals surface area contributed by atoms with Gasteiger partial charge in [-0.3, -0.25) is 9.69 Å². The fourth-order valence-electron chi connectivity index (χ4n) is 2.20. The third-order valence-corrected chi connectivity index (χ3v) is 5.32. The largest absolute Gasteiger partial charge is 0.369 e. The Labute approximate surface area is 122 Å². The molecule has 9 heteroatoms. The van der Waals surface area contributed by atoms with Crippen LogP contribution in [0.1, 0.15) is 5.01 Å². The zero-order chi connectivity index (χ0) is 14.8. The molecule has 1 aromatic heterocycles. The van der Waals surface area contributed by atoms with Crippen molar-refractivity contribution in [3.63, 3.8) is 0 Å². The number of primary amides is 1. The molecule has 7 nitrogen and oxygen atoms in total. The van der Waals surface area contributed by atoms with Gasteiger partial charge >= 0.3 is 0 Å². The first-order valence-corrected chi connectivity index (χ1v) is 8.94. The Bertz CT molecular complexity index is 558. The summed E-state index contributed by atoms with van der Waals surface area (Å²) in [7, 11) is -3.32. The lowest BCUT2D eigenvalue weighted by Gasteiger charge is -2.20. The van der Waals surface area contributed by atoms with E-state index in [1.165, 1.54) is 15.6 Å². The maximum absolute atomic E-state index is 11.7. The number of thiazole rings is 1. The topological polar surface area (TPSA) is 96.6 Å². The van der Waals surface area contributed by atoms with E-state index < -0.39 is 21.8 Å². The molecule has 2 heterocycles. The normalized spacial score (nSPS) is 22.6. The summed E-state index contributed by atoms with van der Waals surface area (Å²) < 4.78 is 24.7. The van der Waals surface area contributed by atoms with Crippen LogP contribution in [-0.4, -0.2) is 60.9 Å². The lowest BCUT2D eigenvalue weighted by Crippen LogP contribution is -2.40. The SMILES string of the molecule is CS(=O)(=O)N1CCN(Cc2nccs2)CC(C(N)=O)C1. The summed E-state index contributed by atoms with van der Waals surface area (Å²) >= 11 is 1.54. The van der Waals surface area contributed by atoms with Gasteiger partial charge in [0.2, 0.25) is 15.9 Å². The number of nitrogens with zero attached hydrogens (tertiary/aromatic N) is 3. The second-order valence-electron chi connectivity index (χ2n) is 4.88. The highest BCUT2D eigenvalue weighted by molar-refractivity contribution is 7.88. The molecule has 1 aliphatic rings. The molecule has 0 aromatic carbocycles. The monoisotopic (exact) mass is 318 g/mol. The zero-order valence-corrected chi connectivity index (χ0v) is 12.9. The summed E-state index contributed by atoms with van der Waals surface area (Å²) in [5.41, 5.74) is 5.38. The lowest BCUT2D eigenvalue weighted by atomic mass is 10.1. The molecule has 1 atom stereocenters. The Morgan fingerprint density at radius 2 is 2.25 bits per heavy atom. The molecular weight excluding hydrogens is 300 g/mol. The molecule has 0 spiro atoms. The van der Waals surface area contributed by atoms with E-state index in [-0.39, 0.29) is 6.54 Å². The van der Waals surface area contributed by atoms with Gasteiger partial charge in [-0.2, -0.15) is 0 Å². The number of nitrogens with two attached hydrogens (primary N) is 1. The van der Waals surface area contributed by atoms with Crippen LogP contribution in [0.3, 0.4) is 0 Å². The van der Waals surface area contributed by atoms with Crippen molar-refractivity contribution in [2.45, 2.75) is 6.54 Å². The standard InChI is InChI=1S/C11H18N4O3S2/c1-20(17,18)15-4-3-14(6-9(7-15)11(12)16)8-10-13-2-5-19-10/h2,5,9H,3-4,6-8H2,1H3,(H2,12,16). The average molecular weight is 318 g/mol. The highest BCUT2D eigenvalue weighted by Crippen LogP contribution is 2.15. The molecule has 1 amide bonds. The number of carbonyl (C=O) groups is 1. The number of amides is 1. The Kier molecular flexibility index (Phi) is 4.74. The van der Waals surface area contributed by atoms with Crippen LogP contribution in [0.4, 0.5) is 0 Å². The van der Waals surface area contributed by atoms with Crippen molar-refractivity contribution >= 4 is 27.3 Å². The van der Waals surface area contributed by atoms with E-state index in [0.29, 0.717) is 26.2 Å². The second kappa shape index (κ2) is 6.17. The summed E-state index contributed by atoms with van der Waals surface area (Å²) in [6, 6.07) is 0. The first kappa shape index (κ1) is 15.4. The minimum Gasteiger partial charge on any atom is -0.369 e. The highest BCUT2D eigenvalue weighted by atomic mass is 32.2. The predicted octanol–water partition coefficient (Wildman–Crippen LogP) is -0.678. The second-order valence-corrected chi connectivity index (χ2v) is 7.84. The van der Waals surface area contributed by atoms with E-state index in [2.05, 4.69) is 4.98 Å². The fourth-order valence-corrected chi connectivity index (χ4v) is 3.72. The van der Waals surface area contributed by atoms with Gasteiger partial charge in [-0.25, -0.2) is 17.7 Å². The molecule has 1 saturated heterocycles. The van der Waals surface area contributed by atoms with E-state index in [1.807, 2.05) is 10.3 Å². The minimum atomic E-state index is -3.32. The highest BCUT2D eigenvalue weighted by Gasteiger charge is 2.30. The number of hydrogen-bond acceptors (Lipinski definition) is 6. The van der Waals surface area contributed by atoms with Gasteiger partial charge in [0.15, 0.2) is 0 Å². The third kappa shape index (κ3) is 3.98. The maximum Gasteiger partial charge on any atom is 0.223 e. The summed E-state index contributed by atoms with van der Waals surface area (Å²) in [6.07, 6.45) is 2.88. The van der Waals surface area contributed by atoms with E-state index in [0.717, 1.165) is 11.3 Å². The third-order valence-electron chi connectivity index (χ3n) is 3.28.